The second-order valence-corrected chi connectivity index (χ2v) is 7.87. The van der Waals surface area contributed by atoms with Crippen LogP contribution in [-0.2, 0) is 12.1 Å². The Hall–Kier alpha value is -1.36. The lowest BCUT2D eigenvalue weighted by Gasteiger charge is -2.24. The highest BCUT2D eigenvalue weighted by Gasteiger charge is 2.23. The maximum atomic E-state index is 10.7. The molecule has 1 atom stereocenters. The predicted octanol–water partition coefficient (Wildman–Crippen LogP) is 3.27. The first-order chi connectivity index (χ1) is 13.4. The number of nitrogens with one attached hydrogen (secondary N) is 2. The van der Waals surface area contributed by atoms with E-state index in [1.165, 1.54) is 0 Å². The first kappa shape index (κ1) is 25.7. The van der Waals surface area contributed by atoms with Crippen LogP contribution in [0.3, 0.4) is 0 Å². The monoisotopic (exact) mass is 532 g/mol. The van der Waals surface area contributed by atoms with Gasteiger partial charge in [-0.15, -0.1) is 24.0 Å². The summed E-state index contributed by atoms with van der Waals surface area (Å²) in [5, 5.41) is 21.1. The van der Waals surface area contributed by atoms with E-state index in [0.29, 0.717) is 25.7 Å². The molecule has 0 aliphatic carbocycles. The van der Waals surface area contributed by atoms with Gasteiger partial charge in [-0.05, 0) is 56.4 Å². The number of nitrogens with zero attached hydrogens (tertiary/aromatic N) is 2. The summed E-state index contributed by atoms with van der Waals surface area (Å²) < 4.78 is 5.91. The van der Waals surface area contributed by atoms with Crippen molar-refractivity contribution >= 4 is 41.3 Å². The quantitative estimate of drug-likeness (QED) is 0.249. The molecule has 0 saturated heterocycles. The van der Waals surface area contributed by atoms with Crippen LogP contribution >= 0.6 is 35.3 Å². The van der Waals surface area contributed by atoms with Crippen LogP contribution in [0.15, 0.2) is 46.1 Å². The van der Waals surface area contributed by atoms with Crippen LogP contribution in [0.25, 0.3) is 0 Å². The fourth-order valence-electron chi connectivity index (χ4n) is 2.55. The molecule has 1 unspecified atom stereocenters. The molecule has 0 fully saturated rings. The van der Waals surface area contributed by atoms with E-state index >= 15 is 0 Å². The highest BCUT2D eigenvalue weighted by molar-refractivity contribution is 14.0. The number of likely N-dealkylation sites (N-methyl/N-ethyl adjacent to an activating group) is 1. The van der Waals surface area contributed by atoms with E-state index in [-0.39, 0.29) is 24.0 Å². The van der Waals surface area contributed by atoms with Gasteiger partial charge in [0.05, 0.1) is 13.1 Å². The molecule has 0 bridgehead atoms. The Morgan fingerprint density at radius 3 is 2.66 bits per heavy atom. The molecule has 0 aliphatic rings. The largest absolute Gasteiger partial charge is 0.492 e. The summed E-state index contributed by atoms with van der Waals surface area (Å²) >= 11 is 1.58. The summed E-state index contributed by atoms with van der Waals surface area (Å²) in [4.78, 5) is 6.76. The van der Waals surface area contributed by atoms with Crippen molar-refractivity contribution < 1.29 is 9.84 Å². The van der Waals surface area contributed by atoms with Gasteiger partial charge in [0, 0.05) is 18.7 Å². The summed E-state index contributed by atoms with van der Waals surface area (Å²) in [5.74, 6) is 1.52. The highest BCUT2D eigenvalue weighted by Crippen LogP contribution is 2.22. The van der Waals surface area contributed by atoms with Crippen molar-refractivity contribution in [3.63, 3.8) is 0 Å². The van der Waals surface area contributed by atoms with Crippen LogP contribution in [0.4, 0.5) is 0 Å². The average molecular weight is 532 g/mol. The lowest BCUT2D eigenvalue weighted by Crippen LogP contribution is -2.44. The van der Waals surface area contributed by atoms with Crippen molar-refractivity contribution in [2.24, 2.45) is 4.99 Å². The Kier molecular flexibility index (Phi) is 11.6. The molecule has 3 N–H and O–H groups in total. The van der Waals surface area contributed by atoms with Gasteiger partial charge in [-0.25, -0.2) is 4.99 Å². The number of hydrogen-bond acceptors (Lipinski definition) is 5. The number of aliphatic imine (C=N–C) groups is 1. The average Bonchev–Trinajstić information content (AvgIpc) is 3.20. The van der Waals surface area contributed by atoms with E-state index in [0.717, 1.165) is 30.0 Å². The zero-order valence-corrected chi connectivity index (χ0v) is 20.8. The summed E-state index contributed by atoms with van der Waals surface area (Å²) in [6.45, 7) is 6.93. The third-order valence-electron chi connectivity index (χ3n) is 4.26. The summed E-state index contributed by atoms with van der Waals surface area (Å²) in [5.41, 5.74) is 0.979. The van der Waals surface area contributed by atoms with E-state index in [9.17, 15) is 5.11 Å². The number of aliphatic hydroxyl groups is 1. The van der Waals surface area contributed by atoms with Crippen LogP contribution in [-0.4, -0.2) is 56.3 Å². The molecule has 29 heavy (non-hydrogen) atoms. The maximum absolute atomic E-state index is 10.7. The number of halogens is 1. The molecule has 1 aromatic carbocycles. The van der Waals surface area contributed by atoms with Crippen LogP contribution in [0.5, 0.6) is 5.75 Å². The van der Waals surface area contributed by atoms with Gasteiger partial charge >= 0.3 is 0 Å². The number of rotatable bonds is 10. The number of thiophene rings is 1. The second-order valence-electron chi connectivity index (χ2n) is 7.09. The Morgan fingerprint density at radius 2 is 2.00 bits per heavy atom. The van der Waals surface area contributed by atoms with E-state index in [2.05, 4.69) is 20.5 Å². The molecule has 0 radical (unpaired) electrons. The van der Waals surface area contributed by atoms with Gasteiger partial charge in [0.25, 0.3) is 0 Å². The minimum Gasteiger partial charge on any atom is -0.492 e. The summed E-state index contributed by atoms with van der Waals surface area (Å²) in [6, 6.07) is 9.91. The minimum atomic E-state index is -0.955. The van der Waals surface area contributed by atoms with Gasteiger partial charge in [0.15, 0.2) is 5.96 Å². The van der Waals surface area contributed by atoms with Crippen molar-refractivity contribution in [1.29, 1.82) is 0 Å². The molecule has 0 spiro atoms. The van der Waals surface area contributed by atoms with Gasteiger partial charge in [-0.2, -0.15) is 11.3 Å². The van der Waals surface area contributed by atoms with Crippen molar-refractivity contribution in [3.8, 4) is 5.75 Å². The first-order valence-electron chi connectivity index (χ1n) is 9.55. The summed E-state index contributed by atoms with van der Waals surface area (Å²) in [7, 11) is 4.05. The van der Waals surface area contributed by atoms with Crippen molar-refractivity contribution in [2.45, 2.75) is 26.0 Å². The van der Waals surface area contributed by atoms with E-state index < -0.39 is 5.60 Å². The number of guanidine groups is 1. The fraction of sp³-hybridized carbons (Fsp3) is 0.476. The standard InChI is InChI=1S/C21H32N4O2S.HI/c1-5-22-20(24-16-21(2,26)18-10-13-28-15-18)23-14-17-8-6-7-9-19(17)27-12-11-25(3)4;/h6-10,13,15,26H,5,11-12,14,16H2,1-4H3,(H2,22,23,24);1H. The van der Waals surface area contributed by atoms with Crippen molar-refractivity contribution in [3.05, 3.63) is 52.2 Å². The predicted molar refractivity (Wildman–Crippen MR) is 133 cm³/mol. The van der Waals surface area contributed by atoms with Crippen molar-refractivity contribution in [1.82, 2.24) is 15.5 Å². The number of para-hydroxylation sites is 1. The smallest absolute Gasteiger partial charge is 0.191 e. The van der Waals surface area contributed by atoms with Gasteiger partial charge in [0.1, 0.15) is 18.0 Å². The van der Waals surface area contributed by atoms with Gasteiger partial charge in [-0.1, -0.05) is 18.2 Å². The molecule has 1 aromatic heterocycles. The normalized spacial score (nSPS) is 13.5. The second kappa shape index (κ2) is 13.0. The van der Waals surface area contributed by atoms with Gasteiger partial charge in [0.2, 0.25) is 0 Å². The number of hydrogen-bond donors (Lipinski definition) is 3. The Labute approximate surface area is 195 Å². The highest BCUT2D eigenvalue weighted by atomic mass is 127. The molecule has 2 aromatic rings. The fourth-order valence-corrected chi connectivity index (χ4v) is 3.33. The molecule has 0 saturated carbocycles. The molecule has 6 nitrogen and oxygen atoms in total. The third-order valence-corrected chi connectivity index (χ3v) is 4.95. The van der Waals surface area contributed by atoms with E-state index in [4.69, 9.17) is 4.74 Å². The van der Waals surface area contributed by atoms with Crippen molar-refractivity contribution in [2.75, 3.05) is 40.3 Å². The zero-order valence-electron chi connectivity index (χ0n) is 17.6. The van der Waals surface area contributed by atoms with E-state index in [1.807, 2.05) is 62.1 Å². The van der Waals surface area contributed by atoms with Crippen LogP contribution in [0, 0.1) is 0 Å². The molecular weight excluding hydrogens is 499 g/mol. The number of ether oxygens (including phenoxy) is 1. The number of benzene rings is 1. The van der Waals surface area contributed by atoms with E-state index in [1.54, 1.807) is 18.3 Å². The zero-order chi connectivity index (χ0) is 20.4. The third kappa shape index (κ3) is 8.90. The Bertz CT molecular complexity index is 736. The summed E-state index contributed by atoms with van der Waals surface area (Å²) in [6.07, 6.45) is 0. The molecule has 2 rings (SSSR count). The van der Waals surface area contributed by atoms with Gasteiger partial charge in [-0.3, -0.25) is 0 Å². The topological polar surface area (TPSA) is 69.1 Å². The van der Waals surface area contributed by atoms with Gasteiger partial charge < -0.3 is 25.4 Å². The molecule has 8 heteroatoms. The Morgan fingerprint density at radius 1 is 1.24 bits per heavy atom. The lowest BCUT2D eigenvalue weighted by atomic mass is 9.99. The minimum absolute atomic E-state index is 0. The SMILES string of the molecule is CCNC(=NCc1ccccc1OCCN(C)C)NCC(C)(O)c1ccsc1.I. The molecular formula is C21H33IN4O2S. The Balaban J connectivity index is 0.00000420. The lowest BCUT2D eigenvalue weighted by molar-refractivity contribution is 0.0621. The van der Waals surface area contributed by atoms with Crippen LogP contribution in [0.2, 0.25) is 0 Å². The van der Waals surface area contributed by atoms with Crippen LogP contribution in [0.1, 0.15) is 25.0 Å². The molecule has 0 aliphatic heterocycles. The molecule has 0 amide bonds. The molecule has 162 valence electrons. The molecule has 1 heterocycles. The first-order valence-corrected chi connectivity index (χ1v) is 10.5. The van der Waals surface area contributed by atoms with Crippen LogP contribution < -0.4 is 15.4 Å². The maximum Gasteiger partial charge on any atom is 0.191 e.